The first-order valence-corrected chi connectivity index (χ1v) is 9.64. The SMILES string of the molecule is COc1cc(N)c(C(C)=O)cc1Br.COc1cc2nc(C)[nH]c(=O)c2cc1Br. The molecule has 0 saturated heterocycles. The van der Waals surface area contributed by atoms with Crippen LogP contribution in [0, 0.1) is 6.92 Å². The number of ether oxygens (including phenoxy) is 2. The highest BCUT2D eigenvalue weighted by Gasteiger charge is 2.09. The topological polar surface area (TPSA) is 107 Å². The van der Waals surface area contributed by atoms with Crippen LogP contribution in [0.3, 0.4) is 0 Å². The zero-order chi connectivity index (χ0) is 21.0. The molecule has 28 heavy (non-hydrogen) atoms. The zero-order valence-electron chi connectivity index (χ0n) is 15.7. The van der Waals surface area contributed by atoms with Crippen molar-refractivity contribution < 1.29 is 14.3 Å². The molecule has 0 atom stereocenters. The summed E-state index contributed by atoms with van der Waals surface area (Å²) in [4.78, 5) is 29.5. The Morgan fingerprint density at radius 3 is 2.21 bits per heavy atom. The highest BCUT2D eigenvalue weighted by Crippen LogP contribution is 2.30. The molecule has 0 fully saturated rings. The minimum atomic E-state index is -0.138. The number of Topliss-reactive ketones (excluding diaryl/α,β-unsaturated/α-hetero) is 1. The molecule has 0 radical (unpaired) electrons. The predicted molar refractivity (Wildman–Crippen MR) is 116 cm³/mol. The lowest BCUT2D eigenvalue weighted by Gasteiger charge is -2.07. The molecule has 9 heteroatoms. The number of hydrogen-bond donors (Lipinski definition) is 2. The first-order valence-electron chi connectivity index (χ1n) is 8.06. The number of nitrogen functional groups attached to an aromatic ring is 1. The summed E-state index contributed by atoms with van der Waals surface area (Å²) in [5.41, 5.74) is 7.09. The van der Waals surface area contributed by atoms with Gasteiger partial charge in [0, 0.05) is 23.4 Å². The van der Waals surface area contributed by atoms with Crippen LogP contribution >= 0.6 is 31.9 Å². The van der Waals surface area contributed by atoms with Gasteiger partial charge in [0.25, 0.3) is 5.56 Å². The third-order valence-corrected chi connectivity index (χ3v) is 5.04. The zero-order valence-corrected chi connectivity index (χ0v) is 18.9. The minimum Gasteiger partial charge on any atom is -0.495 e. The van der Waals surface area contributed by atoms with E-state index in [1.165, 1.54) is 6.92 Å². The molecule has 2 aromatic carbocycles. The molecule has 3 rings (SSSR count). The van der Waals surface area contributed by atoms with E-state index in [1.54, 1.807) is 45.4 Å². The van der Waals surface area contributed by atoms with E-state index in [9.17, 15) is 9.59 Å². The number of H-pyrrole nitrogens is 1. The van der Waals surface area contributed by atoms with Crippen LogP contribution in [0.4, 0.5) is 5.69 Å². The lowest BCUT2D eigenvalue weighted by molar-refractivity contribution is 0.101. The Morgan fingerprint density at radius 1 is 1.07 bits per heavy atom. The molecule has 148 valence electrons. The van der Waals surface area contributed by atoms with E-state index in [1.807, 2.05) is 0 Å². The van der Waals surface area contributed by atoms with E-state index < -0.39 is 0 Å². The number of aromatic amines is 1. The molecule has 1 heterocycles. The number of hydrogen-bond acceptors (Lipinski definition) is 6. The van der Waals surface area contributed by atoms with Crippen molar-refractivity contribution in [3.05, 3.63) is 55.0 Å². The van der Waals surface area contributed by atoms with Crippen LogP contribution in [-0.2, 0) is 0 Å². The summed E-state index contributed by atoms with van der Waals surface area (Å²) in [6.07, 6.45) is 0. The van der Waals surface area contributed by atoms with Crippen molar-refractivity contribution in [1.82, 2.24) is 9.97 Å². The van der Waals surface area contributed by atoms with Crippen LogP contribution in [-0.4, -0.2) is 30.0 Å². The lowest BCUT2D eigenvalue weighted by Crippen LogP contribution is -2.09. The van der Waals surface area contributed by atoms with Gasteiger partial charge in [-0.25, -0.2) is 4.98 Å². The third-order valence-electron chi connectivity index (χ3n) is 3.80. The summed E-state index contributed by atoms with van der Waals surface area (Å²) in [7, 11) is 3.12. The van der Waals surface area contributed by atoms with Gasteiger partial charge in [-0.2, -0.15) is 0 Å². The number of nitrogens with two attached hydrogens (primary N) is 1. The van der Waals surface area contributed by atoms with Crippen LogP contribution < -0.4 is 20.8 Å². The van der Waals surface area contributed by atoms with E-state index in [4.69, 9.17) is 15.2 Å². The van der Waals surface area contributed by atoms with Gasteiger partial charge in [-0.05, 0) is 57.8 Å². The Morgan fingerprint density at radius 2 is 1.64 bits per heavy atom. The van der Waals surface area contributed by atoms with E-state index >= 15 is 0 Å². The monoisotopic (exact) mass is 511 g/mol. The number of methoxy groups -OCH3 is 2. The number of aryl methyl sites for hydroxylation is 1. The molecule has 0 aliphatic carbocycles. The number of rotatable bonds is 3. The van der Waals surface area contributed by atoms with Crippen molar-refractivity contribution >= 4 is 54.2 Å². The van der Waals surface area contributed by atoms with Gasteiger partial charge in [-0.3, -0.25) is 9.59 Å². The molecule has 1 aromatic heterocycles. The van der Waals surface area contributed by atoms with Crippen molar-refractivity contribution in [2.24, 2.45) is 0 Å². The number of nitrogens with one attached hydrogen (secondary N) is 1. The molecule has 0 aliphatic rings. The second-order valence-corrected chi connectivity index (χ2v) is 7.49. The first-order chi connectivity index (χ1) is 13.2. The van der Waals surface area contributed by atoms with Gasteiger partial charge in [0.2, 0.25) is 0 Å². The summed E-state index contributed by atoms with van der Waals surface area (Å²) >= 11 is 6.60. The van der Waals surface area contributed by atoms with Crippen molar-refractivity contribution in [2.45, 2.75) is 13.8 Å². The fraction of sp³-hybridized carbons (Fsp3) is 0.211. The average Bonchev–Trinajstić information content (AvgIpc) is 2.63. The smallest absolute Gasteiger partial charge is 0.258 e. The maximum absolute atomic E-state index is 11.6. The largest absolute Gasteiger partial charge is 0.495 e. The Balaban J connectivity index is 0.000000203. The number of benzene rings is 2. The second-order valence-electron chi connectivity index (χ2n) is 5.79. The Kier molecular flexibility index (Phi) is 7.20. The van der Waals surface area contributed by atoms with Crippen molar-refractivity contribution in [3.63, 3.8) is 0 Å². The summed E-state index contributed by atoms with van der Waals surface area (Å²) in [6, 6.07) is 6.73. The van der Waals surface area contributed by atoms with E-state index in [0.29, 0.717) is 39.5 Å². The molecule has 7 nitrogen and oxygen atoms in total. The number of anilines is 1. The molecule has 0 saturated carbocycles. The van der Waals surface area contributed by atoms with Gasteiger partial charge >= 0.3 is 0 Å². The standard InChI is InChI=1S/C10H9BrN2O2.C9H10BrNO2/c1-5-12-8-4-9(15-2)7(11)3-6(8)10(14)13-5;1-5(12)6-3-7(10)9(13-2)4-8(6)11/h3-4H,1-2H3,(H,12,13,14);3-4H,11H2,1-2H3. The molecular formula is C19H19Br2N3O4. The summed E-state index contributed by atoms with van der Waals surface area (Å²) < 4.78 is 11.6. The van der Waals surface area contributed by atoms with Gasteiger partial charge in [0.15, 0.2) is 5.78 Å². The molecule has 3 N–H and O–H groups in total. The first kappa shape index (κ1) is 21.9. The Bertz CT molecular complexity index is 1100. The van der Waals surface area contributed by atoms with Gasteiger partial charge in [0.1, 0.15) is 17.3 Å². The molecule has 0 bridgehead atoms. The maximum atomic E-state index is 11.6. The fourth-order valence-corrected chi connectivity index (χ4v) is 3.45. The van der Waals surface area contributed by atoms with Crippen LogP contribution in [0.1, 0.15) is 23.1 Å². The predicted octanol–water partition coefficient (Wildman–Crippen LogP) is 4.25. The van der Waals surface area contributed by atoms with Crippen LogP contribution in [0.2, 0.25) is 0 Å². The van der Waals surface area contributed by atoms with Crippen LogP contribution in [0.15, 0.2) is 38.0 Å². The van der Waals surface area contributed by atoms with Crippen molar-refractivity contribution in [2.75, 3.05) is 20.0 Å². The number of halogens is 2. The summed E-state index contributed by atoms with van der Waals surface area (Å²) in [5.74, 6) is 1.83. The third kappa shape index (κ3) is 4.90. The van der Waals surface area contributed by atoms with Gasteiger partial charge in [-0.15, -0.1) is 0 Å². The normalized spacial score (nSPS) is 10.2. The molecule has 3 aromatic rings. The van der Waals surface area contributed by atoms with Crippen molar-refractivity contribution in [3.8, 4) is 11.5 Å². The van der Waals surface area contributed by atoms with E-state index in [2.05, 4.69) is 41.8 Å². The maximum Gasteiger partial charge on any atom is 0.258 e. The molecule has 0 spiro atoms. The van der Waals surface area contributed by atoms with Gasteiger partial charge in [-0.1, -0.05) is 0 Å². The second kappa shape index (κ2) is 9.20. The number of carbonyl (C=O) groups is 1. The molecule has 0 amide bonds. The fourth-order valence-electron chi connectivity index (χ4n) is 2.44. The Labute approximate surface area is 178 Å². The van der Waals surface area contributed by atoms with Gasteiger partial charge < -0.3 is 20.2 Å². The van der Waals surface area contributed by atoms with E-state index in [0.717, 1.165) is 8.95 Å². The number of fused-ring (bicyclic) bond motifs is 1. The minimum absolute atomic E-state index is 0.0548. The average molecular weight is 513 g/mol. The van der Waals surface area contributed by atoms with Crippen molar-refractivity contribution in [1.29, 1.82) is 0 Å². The highest BCUT2D eigenvalue weighted by atomic mass is 79.9. The molecule has 0 aliphatic heterocycles. The number of nitrogens with zero attached hydrogens (tertiary/aromatic N) is 1. The number of ketones is 1. The number of carbonyl (C=O) groups excluding carboxylic acids is 1. The highest BCUT2D eigenvalue weighted by molar-refractivity contribution is 9.10. The molecule has 0 unspecified atom stereocenters. The lowest BCUT2D eigenvalue weighted by atomic mass is 10.1. The number of aromatic nitrogens is 2. The molecular weight excluding hydrogens is 494 g/mol. The quantitative estimate of drug-likeness (QED) is 0.401. The Hall–Kier alpha value is -2.39. The van der Waals surface area contributed by atoms with E-state index in [-0.39, 0.29) is 11.3 Å². The summed E-state index contributed by atoms with van der Waals surface area (Å²) in [6.45, 7) is 3.22. The van der Waals surface area contributed by atoms with Gasteiger partial charge in [0.05, 0.1) is 34.1 Å². The van der Waals surface area contributed by atoms with Crippen LogP contribution in [0.5, 0.6) is 11.5 Å². The van der Waals surface area contributed by atoms with Crippen LogP contribution in [0.25, 0.3) is 10.9 Å². The summed E-state index contributed by atoms with van der Waals surface area (Å²) in [5, 5.41) is 0.549.